The van der Waals surface area contributed by atoms with E-state index in [-0.39, 0.29) is 5.78 Å². The predicted octanol–water partition coefficient (Wildman–Crippen LogP) is 3.10. The first-order valence-corrected chi connectivity index (χ1v) is 6.52. The summed E-state index contributed by atoms with van der Waals surface area (Å²) >= 11 is 0. The molecule has 0 saturated carbocycles. The Morgan fingerprint density at radius 2 is 1.89 bits per heavy atom. The molecule has 0 bridgehead atoms. The van der Waals surface area contributed by atoms with E-state index in [4.69, 9.17) is 0 Å². The summed E-state index contributed by atoms with van der Waals surface area (Å²) in [4.78, 5) is 20.2. The third-order valence-electron chi connectivity index (χ3n) is 2.88. The Morgan fingerprint density at radius 3 is 2.47 bits per heavy atom. The molecule has 2 aromatic rings. The minimum absolute atomic E-state index is 0.0802. The van der Waals surface area contributed by atoms with Crippen molar-refractivity contribution in [2.75, 3.05) is 0 Å². The molecule has 1 aromatic heterocycles. The number of rotatable bonds is 5. The molecule has 0 aliphatic heterocycles. The summed E-state index contributed by atoms with van der Waals surface area (Å²) in [6.07, 6.45) is 6.18. The van der Waals surface area contributed by atoms with Gasteiger partial charge in [0.25, 0.3) is 0 Å². The Balaban J connectivity index is 2.04. The highest BCUT2D eigenvalue weighted by Gasteiger charge is 2.08. The fraction of sp³-hybridized carbons (Fsp3) is 0.312. The highest BCUT2D eigenvalue weighted by molar-refractivity contribution is 5.97. The molecule has 0 aliphatic rings. The topological polar surface area (TPSA) is 42.9 Å². The molecule has 2 rings (SSSR count). The van der Waals surface area contributed by atoms with Crippen LogP contribution >= 0.6 is 0 Å². The Labute approximate surface area is 113 Å². The molecule has 0 fully saturated rings. The standard InChI is InChI=1S/C16H18N2O/c1-12(2)9-13-3-5-14(6-4-13)16(19)10-15-11-17-7-8-18-15/h3-8,11-12H,9-10H2,1-2H3. The first-order chi connectivity index (χ1) is 9.15. The van der Waals surface area contributed by atoms with Crippen LogP contribution in [0.5, 0.6) is 0 Å². The van der Waals surface area contributed by atoms with Gasteiger partial charge >= 0.3 is 0 Å². The molecular weight excluding hydrogens is 236 g/mol. The SMILES string of the molecule is CC(C)Cc1ccc(C(=O)Cc2cnccn2)cc1. The monoisotopic (exact) mass is 254 g/mol. The van der Waals surface area contributed by atoms with Crippen LogP contribution in [0.4, 0.5) is 0 Å². The van der Waals surface area contributed by atoms with Crippen molar-refractivity contribution in [3.63, 3.8) is 0 Å². The summed E-state index contributed by atoms with van der Waals surface area (Å²) in [5.74, 6) is 0.706. The number of nitrogens with zero attached hydrogens (tertiary/aromatic N) is 2. The fourth-order valence-corrected chi connectivity index (χ4v) is 1.99. The maximum Gasteiger partial charge on any atom is 0.168 e. The molecule has 0 radical (unpaired) electrons. The lowest BCUT2D eigenvalue weighted by molar-refractivity contribution is 0.0992. The Morgan fingerprint density at radius 1 is 1.16 bits per heavy atom. The summed E-state index contributed by atoms with van der Waals surface area (Å²) in [6, 6.07) is 7.86. The molecule has 0 atom stereocenters. The molecule has 0 spiro atoms. The van der Waals surface area contributed by atoms with Gasteiger partial charge in [-0.3, -0.25) is 14.8 Å². The van der Waals surface area contributed by atoms with Gasteiger partial charge in [0.2, 0.25) is 0 Å². The van der Waals surface area contributed by atoms with E-state index in [1.165, 1.54) is 5.56 Å². The minimum atomic E-state index is 0.0802. The number of hydrogen-bond donors (Lipinski definition) is 0. The molecule has 3 nitrogen and oxygen atoms in total. The van der Waals surface area contributed by atoms with Crippen LogP contribution in [-0.4, -0.2) is 15.8 Å². The minimum Gasteiger partial charge on any atom is -0.294 e. The van der Waals surface area contributed by atoms with Gasteiger partial charge in [0, 0.05) is 24.2 Å². The number of hydrogen-bond acceptors (Lipinski definition) is 3. The van der Waals surface area contributed by atoms with Crippen molar-refractivity contribution >= 4 is 5.78 Å². The third kappa shape index (κ3) is 3.98. The van der Waals surface area contributed by atoms with Gasteiger partial charge in [-0.25, -0.2) is 0 Å². The van der Waals surface area contributed by atoms with Crippen LogP contribution < -0.4 is 0 Å². The lowest BCUT2D eigenvalue weighted by Crippen LogP contribution is -2.05. The molecular formula is C16H18N2O. The molecule has 1 aromatic carbocycles. The van der Waals surface area contributed by atoms with Gasteiger partial charge in [0.05, 0.1) is 12.1 Å². The Hall–Kier alpha value is -2.03. The molecule has 98 valence electrons. The quantitative estimate of drug-likeness (QED) is 0.770. The van der Waals surface area contributed by atoms with E-state index in [2.05, 4.69) is 23.8 Å². The molecule has 0 amide bonds. The molecule has 0 unspecified atom stereocenters. The van der Waals surface area contributed by atoms with Crippen molar-refractivity contribution in [3.8, 4) is 0 Å². The first-order valence-electron chi connectivity index (χ1n) is 6.52. The van der Waals surface area contributed by atoms with Gasteiger partial charge in [0.1, 0.15) is 0 Å². The van der Waals surface area contributed by atoms with Crippen molar-refractivity contribution in [1.29, 1.82) is 0 Å². The van der Waals surface area contributed by atoms with Crippen LogP contribution in [0, 0.1) is 5.92 Å². The molecule has 0 aliphatic carbocycles. The lowest BCUT2D eigenvalue weighted by atomic mass is 9.99. The molecule has 3 heteroatoms. The second-order valence-electron chi connectivity index (χ2n) is 5.09. The van der Waals surface area contributed by atoms with Crippen molar-refractivity contribution in [1.82, 2.24) is 9.97 Å². The van der Waals surface area contributed by atoms with Crippen LogP contribution in [-0.2, 0) is 12.8 Å². The van der Waals surface area contributed by atoms with Gasteiger partial charge in [-0.1, -0.05) is 38.1 Å². The van der Waals surface area contributed by atoms with E-state index >= 15 is 0 Å². The number of carbonyl (C=O) groups excluding carboxylic acids is 1. The second-order valence-corrected chi connectivity index (χ2v) is 5.09. The number of benzene rings is 1. The zero-order valence-electron chi connectivity index (χ0n) is 11.3. The highest BCUT2D eigenvalue weighted by Crippen LogP contribution is 2.11. The predicted molar refractivity (Wildman–Crippen MR) is 75.1 cm³/mol. The number of aromatic nitrogens is 2. The highest BCUT2D eigenvalue weighted by atomic mass is 16.1. The van der Waals surface area contributed by atoms with Gasteiger partial charge in [-0.05, 0) is 17.9 Å². The van der Waals surface area contributed by atoms with Gasteiger partial charge in [-0.2, -0.15) is 0 Å². The van der Waals surface area contributed by atoms with E-state index in [0.717, 1.165) is 12.0 Å². The zero-order valence-corrected chi connectivity index (χ0v) is 11.3. The Kier molecular flexibility index (Phi) is 4.39. The molecule has 0 saturated heterocycles. The largest absolute Gasteiger partial charge is 0.294 e. The van der Waals surface area contributed by atoms with Gasteiger partial charge < -0.3 is 0 Å². The third-order valence-corrected chi connectivity index (χ3v) is 2.88. The van der Waals surface area contributed by atoms with Crippen molar-refractivity contribution in [2.45, 2.75) is 26.7 Å². The van der Waals surface area contributed by atoms with Crippen LogP contribution in [0.25, 0.3) is 0 Å². The molecule has 1 heterocycles. The molecule has 0 N–H and O–H groups in total. The Bertz CT molecular complexity index is 532. The van der Waals surface area contributed by atoms with E-state index in [9.17, 15) is 4.79 Å². The van der Waals surface area contributed by atoms with E-state index in [1.54, 1.807) is 18.6 Å². The second kappa shape index (κ2) is 6.23. The average molecular weight is 254 g/mol. The number of carbonyl (C=O) groups is 1. The van der Waals surface area contributed by atoms with Gasteiger partial charge in [-0.15, -0.1) is 0 Å². The molecule has 19 heavy (non-hydrogen) atoms. The van der Waals surface area contributed by atoms with Crippen LogP contribution in [0.15, 0.2) is 42.9 Å². The summed E-state index contributed by atoms with van der Waals surface area (Å²) in [6.45, 7) is 4.38. The van der Waals surface area contributed by atoms with E-state index in [1.807, 2.05) is 24.3 Å². The average Bonchev–Trinajstić information content (AvgIpc) is 2.40. The maximum absolute atomic E-state index is 12.1. The lowest BCUT2D eigenvalue weighted by Gasteiger charge is -2.06. The van der Waals surface area contributed by atoms with Crippen LogP contribution in [0.3, 0.4) is 0 Å². The smallest absolute Gasteiger partial charge is 0.168 e. The summed E-state index contributed by atoms with van der Waals surface area (Å²) in [7, 11) is 0. The summed E-state index contributed by atoms with van der Waals surface area (Å²) in [5.41, 5.74) is 2.71. The number of Topliss-reactive ketones (excluding diaryl/α,β-unsaturated/α-hetero) is 1. The first kappa shape index (κ1) is 13.4. The normalized spacial score (nSPS) is 10.7. The zero-order chi connectivity index (χ0) is 13.7. The van der Waals surface area contributed by atoms with Gasteiger partial charge in [0.15, 0.2) is 5.78 Å². The fourth-order valence-electron chi connectivity index (χ4n) is 1.99. The summed E-state index contributed by atoms with van der Waals surface area (Å²) in [5, 5.41) is 0. The van der Waals surface area contributed by atoms with Crippen molar-refractivity contribution in [3.05, 3.63) is 59.7 Å². The van der Waals surface area contributed by atoms with Crippen LogP contribution in [0.2, 0.25) is 0 Å². The van der Waals surface area contributed by atoms with E-state index < -0.39 is 0 Å². The van der Waals surface area contributed by atoms with Crippen molar-refractivity contribution in [2.24, 2.45) is 5.92 Å². The van der Waals surface area contributed by atoms with Crippen molar-refractivity contribution < 1.29 is 4.79 Å². The summed E-state index contributed by atoms with van der Waals surface area (Å²) < 4.78 is 0. The van der Waals surface area contributed by atoms with E-state index in [0.29, 0.717) is 18.0 Å². The van der Waals surface area contributed by atoms with Crippen LogP contribution in [0.1, 0.15) is 35.5 Å². The maximum atomic E-state index is 12.1. The number of ketones is 1.